The molecule has 0 unspecified atom stereocenters. The number of halogens is 3. The molecule has 0 spiro atoms. The third-order valence-corrected chi connectivity index (χ3v) is 4.60. The molecule has 0 N–H and O–H groups in total. The van der Waals surface area contributed by atoms with Gasteiger partial charge in [-0.3, -0.25) is 0 Å². The van der Waals surface area contributed by atoms with Gasteiger partial charge < -0.3 is 0 Å². The Hall–Kier alpha value is -1.41. The second-order valence-electron chi connectivity index (χ2n) is 5.70. The van der Waals surface area contributed by atoms with E-state index in [0.717, 1.165) is 24.0 Å². The van der Waals surface area contributed by atoms with Gasteiger partial charge in [0.05, 0.1) is 5.02 Å². The minimum absolute atomic E-state index is 0.137. The predicted molar refractivity (Wildman–Crippen MR) is 83.0 cm³/mol. The lowest BCUT2D eigenvalue weighted by atomic mass is 9.83. The molecule has 21 heavy (non-hydrogen) atoms. The highest BCUT2D eigenvalue weighted by atomic mass is 35.5. The Balaban J connectivity index is 1.79. The molecular formula is C18H17ClF2. The van der Waals surface area contributed by atoms with E-state index in [1.165, 1.54) is 11.6 Å². The summed E-state index contributed by atoms with van der Waals surface area (Å²) in [6.07, 6.45) is 2.52. The zero-order valence-corrected chi connectivity index (χ0v) is 12.4. The fraction of sp³-hybridized carbons (Fsp3) is 0.333. The zero-order valence-electron chi connectivity index (χ0n) is 11.7. The van der Waals surface area contributed by atoms with Gasteiger partial charge in [-0.1, -0.05) is 41.9 Å². The molecule has 0 bridgehead atoms. The maximum atomic E-state index is 13.5. The summed E-state index contributed by atoms with van der Waals surface area (Å²) in [6.45, 7) is 0. The van der Waals surface area contributed by atoms with Gasteiger partial charge in [-0.15, -0.1) is 0 Å². The molecule has 0 aliphatic heterocycles. The average Bonchev–Trinajstić information content (AvgIpc) is 2.51. The molecule has 0 radical (unpaired) electrons. The fourth-order valence-corrected chi connectivity index (χ4v) is 3.13. The Morgan fingerprint density at radius 1 is 0.857 bits per heavy atom. The van der Waals surface area contributed by atoms with Crippen molar-refractivity contribution in [2.75, 3.05) is 0 Å². The highest BCUT2D eigenvalue weighted by Gasteiger charge is 2.21. The molecule has 2 aromatic carbocycles. The molecule has 0 saturated heterocycles. The van der Waals surface area contributed by atoms with Crippen LogP contribution in [0, 0.1) is 5.82 Å². The summed E-state index contributed by atoms with van der Waals surface area (Å²) in [5, 5.41) is 0.137. The van der Waals surface area contributed by atoms with Gasteiger partial charge in [0.2, 0.25) is 0 Å². The lowest BCUT2D eigenvalue weighted by Gasteiger charge is -2.24. The topological polar surface area (TPSA) is 0 Å². The number of hydrogen-bond donors (Lipinski definition) is 0. The van der Waals surface area contributed by atoms with E-state index in [1.807, 2.05) is 18.2 Å². The van der Waals surface area contributed by atoms with Crippen LogP contribution in [0.25, 0.3) is 11.1 Å². The fourth-order valence-electron chi connectivity index (χ4n) is 3.01. The van der Waals surface area contributed by atoms with Crippen molar-refractivity contribution in [2.45, 2.75) is 37.8 Å². The summed E-state index contributed by atoms with van der Waals surface area (Å²) in [4.78, 5) is 0. The highest BCUT2D eigenvalue weighted by Crippen LogP contribution is 2.35. The van der Waals surface area contributed by atoms with Gasteiger partial charge in [0, 0.05) is 0 Å². The number of rotatable bonds is 2. The van der Waals surface area contributed by atoms with Crippen molar-refractivity contribution in [3.05, 3.63) is 58.9 Å². The van der Waals surface area contributed by atoms with Gasteiger partial charge in [0.1, 0.15) is 12.0 Å². The van der Waals surface area contributed by atoms with Gasteiger partial charge in [-0.25, -0.2) is 8.78 Å². The van der Waals surface area contributed by atoms with Crippen molar-refractivity contribution in [2.24, 2.45) is 0 Å². The number of alkyl halides is 1. The summed E-state index contributed by atoms with van der Waals surface area (Å²) in [5.41, 5.74) is 3.03. The maximum absolute atomic E-state index is 13.5. The molecule has 1 saturated carbocycles. The van der Waals surface area contributed by atoms with E-state index in [1.54, 1.807) is 6.07 Å². The van der Waals surface area contributed by atoms with Crippen LogP contribution in [-0.4, -0.2) is 6.17 Å². The highest BCUT2D eigenvalue weighted by molar-refractivity contribution is 6.30. The Labute approximate surface area is 128 Å². The van der Waals surface area contributed by atoms with Crippen LogP contribution in [0.4, 0.5) is 8.78 Å². The Kier molecular flexibility index (Phi) is 4.25. The second kappa shape index (κ2) is 6.15. The monoisotopic (exact) mass is 306 g/mol. The summed E-state index contributed by atoms with van der Waals surface area (Å²) >= 11 is 5.70. The van der Waals surface area contributed by atoms with Crippen LogP contribution in [0.3, 0.4) is 0 Å². The van der Waals surface area contributed by atoms with Crippen LogP contribution in [0.15, 0.2) is 42.5 Å². The van der Waals surface area contributed by atoms with Gasteiger partial charge in [-0.2, -0.15) is 0 Å². The number of benzene rings is 2. The first-order valence-corrected chi connectivity index (χ1v) is 7.71. The van der Waals surface area contributed by atoms with E-state index in [4.69, 9.17) is 11.6 Å². The Morgan fingerprint density at radius 2 is 1.48 bits per heavy atom. The summed E-state index contributed by atoms with van der Waals surface area (Å²) in [6, 6.07) is 13.0. The molecule has 0 atom stereocenters. The molecule has 3 heteroatoms. The van der Waals surface area contributed by atoms with Gasteiger partial charge >= 0.3 is 0 Å². The molecule has 2 aromatic rings. The van der Waals surface area contributed by atoms with E-state index >= 15 is 0 Å². The molecular weight excluding hydrogens is 290 g/mol. The molecule has 1 fully saturated rings. The Morgan fingerprint density at radius 3 is 2.10 bits per heavy atom. The van der Waals surface area contributed by atoms with E-state index in [2.05, 4.69) is 12.1 Å². The first-order valence-electron chi connectivity index (χ1n) is 7.33. The standard InChI is InChI=1S/C18H17ClF2/c19-17-10-7-15(11-18(17)21)14-3-1-12(2-4-14)13-5-8-16(20)9-6-13/h1-4,7,10-11,13,16H,5-6,8-9H2. The Bertz CT molecular complexity index is 614. The SMILES string of the molecule is Fc1cc(-c2ccc(C3CCC(F)CC3)cc2)ccc1Cl. The van der Waals surface area contributed by atoms with Crippen molar-refractivity contribution < 1.29 is 8.78 Å². The van der Waals surface area contributed by atoms with Gasteiger partial charge in [0.15, 0.2) is 0 Å². The maximum Gasteiger partial charge on any atom is 0.142 e. The van der Waals surface area contributed by atoms with E-state index in [-0.39, 0.29) is 5.02 Å². The van der Waals surface area contributed by atoms with E-state index in [9.17, 15) is 8.78 Å². The smallest absolute Gasteiger partial charge is 0.142 e. The minimum atomic E-state index is -0.627. The molecule has 1 aliphatic rings. The lowest BCUT2D eigenvalue weighted by Crippen LogP contribution is -2.13. The van der Waals surface area contributed by atoms with Crippen molar-refractivity contribution in [3.63, 3.8) is 0 Å². The van der Waals surface area contributed by atoms with Crippen molar-refractivity contribution in [1.82, 2.24) is 0 Å². The van der Waals surface area contributed by atoms with Crippen LogP contribution < -0.4 is 0 Å². The first-order chi connectivity index (χ1) is 10.1. The lowest BCUT2D eigenvalue weighted by molar-refractivity contribution is 0.235. The van der Waals surface area contributed by atoms with E-state index < -0.39 is 12.0 Å². The summed E-state index contributed by atoms with van der Waals surface area (Å²) < 4.78 is 26.7. The molecule has 0 amide bonds. The van der Waals surface area contributed by atoms with Crippen molar-refractivity contribution >= 4 is 11.6 Å². The van der Waals surface area contributed by atoms with Gasteiger partial charge in [0.25, 0.3) is 0 Å². The van der Waals surface area contributed by atoms with E-state index in [0.29, 0.717) is 18.8 Å². The largest absolute Gasteiger partial charge is 0.247 e. The molecule has 0 heterocycles. The quantitative estimate of drug-likeness (QED) is 0.625. The van der Waals surface area contributed by atoms with Crippen molar-refractivity contribution in [3.8, 4) is 11.1 Å². The normalized spacial score (nSPS) is 22.2. The minimum Gasteiger partial charge on any atom is -0.247 e. The van der Waals surface area contributed by atoms with Crippen LogP contribution in [0.5, 0.6) is 0 Å². The molecule has 110 valence electrons. The molecule has 1 aliphatic carbocycles. The first kappa shape index (κ1) is 14.5. The predicted octanol–water partition coefficient (Wildman–Crippen LogP) is 6.14. The number of hydrogen-bond acceptors (Lipinski definition) is 0. The third-order valence-electron chi connectivity index (χ3n) is 4.29. The van der Waals surface area contributed by atoms with Crippen molar-refractivity contribution in [1.29, 1.82) is 0 Å². The molecule has 3 rings (SSSR count). The summed E-state index contributed by atoms with van der Waals surface area (Å²) in [7, 11) is 0. The second-order valence-corrected chi connectivity index (χ2v) is 6.11. The van der Waals surface area contributed by atoms with Crippen LogP contribution in [0.1, 0.15) is 37.2 Å². The zero-order chi connectivity index (χ0) is 14.8. The van der Waals surface area contributed by atoms with Crippen LogP contribution in [0.2, 0.25) is 5.02 Å². The summed E-state index contributed by atoms with van der Waals surface area (Å²) in [5.74, 6) is 0.0486. The van der Waals surface area contributed by atoms with Crippen LogP contribution >= 0.6 is 11.6 Å². The third kappa shape index (κ3) is 3.26. The molecule has 0 nitrogen and oxygen atoms in total. The van der Waals surface area contributed by atoms with Crippen LogP contribution in [-0.2, 0) is 0 Å². The molecule has 0 aromatic heterocycles. The average molecular weight is 307 g/mol. The van der Waals surface area contributed by atoms with Gasteiger partial charge in [-0.05, 0) is 60.4 Å².